The molecule has 1 unspecified atom stereocenters. The van der Waals surface area contributed by atoms with E-state index in [1.807, 2.05) is 6.92 Å². The van der Waals surface area contributed by atoms with Crippen molar-refractivity contribution in [3.63, 3.8) is 0 Å². The van der Waals surface area contributed by atoms with Gasteiger partial charge in [0.2, 0.25) is 5.91 Å². The number of unbranched alkanes of at least 4 members (excludes halogenated alkanes) is 1. The number of alkyl halides is 2. The maximum atomic E-state index is 15.8. The number of carbonyl (C=O) groups is 4. The van der Waals surface area contributed by atoms with Crippen molar-refractivity contribution in [2.75, 3.05) is 13.1 Å². The van der Waals surface area contributed by atoms with Gasteiger partial charge in [-0.1, -0.05) is 55.8 Å². The molecular formula is C31H39F3N4O6. The summed E-state index contributed by atoms with van der Waals surface area (Å²) in [5.74, 6) is -7.14. The first-order valence-electron chi connectivity index (χ1n) is 14.7. The van der Waals surface area contributed by atoms with Gasteiger partial charge in [0.1, 0.15) is 11.9 Å². The van der Waals surface area contributed by atoms with E-state index < -0.39 is 65.4 Å². The Balaban J connectivity index is 1.82. The van der Waals surface area contributed by atoms with Gasteiger partial charge in [0.05, 0.1) is 6.04 Å². The third-order valence-corrected chi connectivity index (χ3v) is 7.36. The smallest absolute Gasteiger partial charge is 0.408 e. The number of halogens is 3. The zero-order valence-corrected chi connectivity index (χ0v) is 24.7. The number of carbonyl (C=O) groups excluding carboxylic acids is 4. The molecule has 10 nitrogen and oxygen atoms in total. The Kier molecular flexibility index (Phi) is 12.6. The van der Waals surface area contributed by atoms with E-state index in [1.165, 1.54) is 24.3 Å². The number of aliphatic hydroxyl groups is 1. The fourth-order valence-electron chi connectivity index (χ4n) is 4.99. The monoisotopic (exact) mass is 620 g/mol. The van der Waals surface area contributed by atoms with E-state index in [0.717, 1.165) is 18.2 Å². The van der Waals surface area contributed by atoms with Crippen LogP contribution in [0.2, 0.25) is 0 Å². The minimum Gasteiger partial charge on any atom is -0.436 e. The molecule has 240 valence electrons. The van der Waals surface area contributed by atoms with Crippen LogP contribution in [0, 0.1) is 11.7 Å². The van der Waals surface area contributed by atoms with E-state index in [0.29, 0.717) is 31.9 Å². The fourth-order valence-corrected chi connectivity index (χ4v) is 4.99. The van der Waals surface area contributed by atoms with Crippen molar-refractivity contribution in [2.45, 2.75) is 76.2 Å². The quantitative estimate of drug-likeness (QED) is 0.206. The third kappa shape index (κ3) is 9.18. The Morgan fingerprint density at radius 3 is 2.41 bits per heavy atom. The van der Waals surface area contributed by atoms with Crippen LogP contribution in [0.25, 0.3) is 0 Å². The van der Waals surface area contributed by atoms with Gasteiger partial charge in [-0.25, -0.2) is 9.18 Å². The van der Waals surface area contributed by atoms with Crippen LogP contribution in [-0.4, -0.2) is 60.3 Å². The van der Waals surface area contributed by atoms with Gasteiger partial charge in [-0.05, 0) is 50.3 Å². The molecule has 1 fully saturated rings. The second-order valence-corrected chi connectivity index (χ2v) is 10.6. The Labute approximate surface area is 254 Å². The molecule has 13 heteroatoms. The summed E-state index contributed by atoms with van der Waals surface area (Å²) in [4.78, 5) is 51.1. The summed E-state index contributed by atoms with van der Waals surface area (Å²) in [7, 11) is 0. The van der Waals surface area contributed by atoms with Gasteiger partial charge in [0.15, 0.2) is 12.2 Å². The predicted molar refractivity (Wildman–Crippen MR) is 155 cm³/mol. The molecule has 0 radical (unpaired) electrons. The second-order valence-electron chi connectivity index (χ2n) is 10.6. The van der Waals surface area contributed by atoms with E-state index >= 15 is 8.78 Å². The molecule has 1 saturated heterocycles. The minimum atomic E-state index is -3.78. The summed E-state index contributed by atoms with van der Waals surface area (Å²) in [6.07, 6.45) is -3.10. The van der Waals surface area contributed by atoms with Crippen molar-refractivity contribution < 1.29 is 42.2 Å². The second kappa shape index (κ2) is 16.1. The third-order valence-electron chi connectivity index (χ3n) is 7.36. The average molecular weight is 621 g/mol. The molecule has 0 bridgehead atoms. The summed E-state index contributed by atoms with van der Waals surface area (Å²) in [6, 6.07) is 8.01. The lowest BCUT2D eigenvalue weighted by Gasteiger charge is -2.30. The van der Waals surface area contributed by atoms with Gasteiger partial charge < -0.3 is 31.1 Å². The van der Waals surface area contributed by atoms with Crippen LogP contribution in [0.5, 0.6) is 0 Å². The molecule has 5 N–H and O–H groups in total. The van der Waals surface area contributed by atoms with Gasteiger partial charge in [0.25, 0.3) is 17.7 Å². The largest absolute Gasteiger partial charge is 0.436 e. The fraction of sp³-hybridized carbons (Fsp3) is 0.484. The van der Waals surface area contributed by atoms with Gasteiger partial charge in [-0.15, -0.1) is 0 Å². The van der Waals surface area contributed by atoms with E-state index in [-0.39, 0.29) is 30.9 Å². The zero-order valence-electron chi connectivity index (χ0n) is 24.7. The topological polar surface area (TPSA) is 146 Å². The van der Waals surface area contributed by atoms with E-state index in [2.05, 4.69) is 21.3 Å². The first-order valence-corrected chi connectivity index (χ1v) is 14.7. The first kappa shape index (κ1) is 34.4. The molecule has 0 saturated carbocycles. The van der Waals surface area contributed by atoms with E-state index in [4.69, 9.17) is 4.74 Å². The van der Waals surface area contributed by atoms with E-state index in [9.17, 15) is 28.7 Å². The molecule has 1 aliphatic rings. The molecule has 0 aromatic heterocycles. The molecule has 0 spiro atoms. The minimum absolute atomic E-state index is 0.00762. The Bertz CT molecular complexity index is 1280. The number of amides is 4. The first-order chi connectivity index (χ1) is 21.0. The molecule has 0 aliphatic carbocycles. The van der Waals surface area contributed by atoms with Gasteiger partial charge >= 0.3 is 6.09 Å². The van der Waals surface area contributed by atoms with E-state index in [1.54, 1.807) is 13.0 Å². The van der Waals surface area contributed by atoms with Crippen LogP contribution < -0.4 is 21.3 Å². The van der Waals surface area contributed by atoms with Crippen molar-refractivity contribution in [1.82, 2.24) is 21.3 Å². The van der Waals surface area contributed by atoms with Crippen LogP contribution in [0.1, 0.15) is 63.1 Å². The number of aliphatic hydroxyl groups excluding tert-OH is 1. The summed E-state index contributed by atoms with van der Waals surface area (Å²) in [5, 5.41) is 20.5. The van der Waals surface area contributed by atoms with Gasteiger partial charge in [-0.3, -0.25) is 14.4 Å². The standard InChI is InChI=1S/C31H39F3N4O6/c1-3-5-14-24(28(41)37-23(25(39)29(42)35-4-2)17-20-15-16-36-27(20)40)44-30(43)38-26(19-10-7-6-8-11-19)31(33,34)21-12-9-13-22(32)18-21/h6-13,18,20,23-26,39H,3-5,14-17H2,1-2H3,(H,35,42)(H,36,40)(H,37,41)(H,38,43)/t20-,23+,24+,25+,26?/m1/s1. The maximum Gasteiger partial charge on any atom is 0.408 e. The highest BCUT2D eigenvalue weighted by atomic mass is 19.3. The Morgan fingerprint density at radius 1 is 1.07 bits per heavy atom. The SMILES string of the molecule is CCCC[C@H](OC(=O)NC(c1ccccc1)C(F)(F)c1cccc(F)c1)C(=O)N[C@@H](C[C@H]1CCNC1=O)[C@H](O)C(=O)NCC. The van der Waals surface area contributed by atoms with Gasteiger partial charge in [-0.2, -0.15) is 8.78 Å². The highest BCUT2D eigenvalue weighted by Crippen LogP contribution is 2.41. The van der Waals surface area contributed by atoms with Crippen LogP contribution >= 0.6 is 0 Å². The molecule has 3 rings (SSSR count). The highest BCUT2D eigenvalue weighted by molar-refractivity contribution is 5.86. The number of hydrogen-bond donors (Lipinski definition) is 5. The summed E-state index contributed by atoms with van der Waals surface area (Å²) < 4.78 is 50.7. The number of rotatable bonds is 15. The van der Waals surface area contributed by atoms with Crippen molar-refractivity contribution in [3.05, 3.63) is 71.5 Å². The normalized spacial score (nSPS) is 17.5. The molecule has 1 aliphatic heterocycles. The lowest BCUT2D eigenvalue weighted by atomic mass is 9.94. The number of benzene rings is 2. The number of likely N-dealkylation sites (N-methyl/N-ethyl adjacent to an activating group) is 1. The molecule has 2 aromatic rings. The van der Waals surface area contributed by atoms with Crippen LogP contribution in [0.4, 0.5) is 18.0 Å². The zero-order chi connectivity index (χ0) is 32.3. The molecule has 2 aromatic carbocycles. The lowest BCUT2D eigenvalue weighted by Crippen LogP contribution is -2.54. The van der Waals surface area contributed by atoms with Gasteiger partial charge in [0, 0.05) is 24.6 Å². The number of nitrogens with one attached hydrogen (secondary N) is 4. The van der Waals surface area contributed by atoms with Crippen LogP contribution in [0.3, 0.4) is 0 Å². The Hall–Kier alpha value is -4.13. The molecule has 5 atom stereocenters. The maximum absolute atomic E-state index is 15.8. The predicted octanol–water partition coefficient (Wildman–Crippen LogP) is 3.45. The van der Waals surface area contributed by atoms with Crippen LogP contribution in [-0.2, 0) is 25.0 Å². The molecule has 1 heterocycles. The summed E-state index contributed by atoms with van der Waals surface area (Å²) in [5.41, 5.74) is -0.668. The molecule has 44 heavy (non-hydrogen) atoms. The number of ether oxygens (including phenoxy) is 1. The van der Waals surface area contributed by atoms with Crippen molar-refractivity contribution in [2.24, 2.45) is 5.92 Å². The number of alkyl carbamates (subject to hydrolysis) is 1. The molecular weight excluding hydrogens is 581 g/mol. The lowest BCUT2D eigenvalue weighted by molar-refractivity contribution is -0.136. The van der Waals surface area contributed by atoms with Crippen molar-refractivity contribution in [3.8, 4) is 0 Å². The highest BCUT2D eigenvalue weighted by Gasteiger charge is 2.44. The summed E-state index contributed by atoms with van der Waals surface area (Å²) >= 11 is 0. The average Bonchev–Trinajstić information content (AvgIpc) is 3.41. The number of hydrogen-bond acceptors (Lipinski definition) is 6. The Morgan fingerprint density at radius 2 is 1.80 bits per heavy atom. The summed E-state index contributed by atoms with van der Waals surface area (Å²) in [6.45, 7) is 4.11. The van der Waals surface area contributed by atoms with Crippen molar-refractivity contribution >= 4 is 23.8 Å². The van der Waals surface area contributed by atoms with Crippen molar-refractivity contribution in [1.29, 1.82) is 0 Å². The van der Waals surface area contributed by atoms with Crippen LogP contribution in [0.15, 0.2) is 54.6 Å². The molecule has 4 amide bonds.